The fourth-order valence-corrected chi connectivity index (χ4v) is 6.32. The molecular weight excluding hydrogens is 434 g/mol. The van der Waals surface area contributed by atoms with Gasteiger partial charge in [-0.15, -0.1) is 11.3 Å². The number of thiophene rings is 1. The van der Waals surface area contributed by atoms with E-state index >= 15 is 0 Å². The van der Waals surface area contributed by atoms with Crippen molar-refractivity contribution < 1.29 is 18.3 Å². The van der Waals surface area contributed by atoms with Crippen LogP contribution in [0.15, 0.2) is 36.4 Å². The molecular formula is C19H20ClN3O4S2. The predicted molar refractivity (Wildman–Crippen MR) is 114 cm³/mol. The Hall–Kier alpha value is -1.91. The molecule has 1 aliphatic carbocycles. The molecule has 0 spiro atoms. The molecule has 2 atom stereocenters. The molecule has 3 aromatic rings. The number of sulfonamides is 1. The number of amides is 1. The van der Waals surface area contributed by atoms with Crippen molar-refractivity contribution in [3.63, 3.8) is 0 Å². The minimum absolute atomic E-state index is 0.0322. The van der Waals surface area contributed by atoms with Gasteiger partial charge in [-0.2, -0.15) is 0 Å². The Kier molecular flexibility index (Phi) is 5.67. The lowest BCUT2D eigenvalue weighted by molar-refractivity contribution is 0.0930. The highest BCUT2D eigenvalue weighted by atomic mass is 35.5. The maximum Gasteiger partial charge on any atom is 0.268 e. The molecule has 0 fully saturated rings. The normalized spacial score (nSPS) is 18.8. The van der Waals surface area contributed by atoms with Gasteiger partial charge < -0.3 is 15.4 Å². The van der Waals surface area contributed by atoms with E-state index < -0.39 is 10.0 Å². The van der Waals surface area contributed by atoms with Gasteiger partial charge in [0.25, 0.3) is 5.91 Å². The Labute approximate surface area is 177 Å². The first-order valence-electron chi connectivity index (χ1n) is 9.11. The lowest BCUT2D eigenvalue weighted by Gasteiger charge is -2.22. The van der Waals surface area contributed by atoms with E-state index in [0.717, 1.165) is 21.3 Å². The quantitative estimate of drug-likeness (QED) is 0.439. The monoisotopic (exact) mass is 453 g/mol. The van der Waals surface area contributed by atoms with Gasteiger partial charge in [-0.25, -0.2) is 13.1 Å². The van der Waals surface area contributed by atoms with Crippen molar-refractivity contribution in [2.75, 3.05) is 18.9 Å². The molecule has 29 heavy (non-hydrogen) atoms. The summed E-state index contributed by atoms with van der Waals surface area (Å²) in [7, 11) is -3.60. The van der Waals surface area contributed by atoms with Crippen molar-refractivity contribution in [1.82, 2.24) is 15.0 Å². The van der Waals surface area contributed by atoms with Crippen molar-refractivity contribution in [2.24, 2.45) is 0 Å². The third-order valence-corrected chi connectivity index (χ3v) is 7.69. The summed E-state index contributed by atoms with van der Waals surface area (Å²) in [5.41, 5.74) is 2.37. The molecule has 4 N–H and O–H groups in total. The molecule has 0 bridgehead atoms. The Balaban J connectivity index is 1.56. The average Bonchev–Trinajstić information content (AvgIpc) is 3.31. The Morgan fingerprint density at radius 1 is 1.31 bits per heavy atom. The van der Waals surface area contributed by atoms with Crippen molar-refractivity contribution in [3.8, 4) is 0 Å². The van der Waals surface area contributed by atoms with E-state index in [1.165, 1.54) is 11.3 Å². The summed E-state index contributed by atoms with van der Waals surface area (Å²) in [6.07, 6.45) is 0.559. The summed E-state index contributed by atoms with van der Waals surface area (Å²) in [5, 5.41) is 12.8. The summed E-state index contributed by atoms with van der Waals surface area (Å²) < 4.78 is 27.9. The highest BCUT2D eigenvalue weighted by Crippen LogP contribution is 2.35. The van der Waals surface area contributed by atoms with Crippen LogP contribution in [-0.4, -0.2) is 49.4 Å². The Morgan fingerprint density at radius 2 is 2.10 bits per heavy atom. The van der Waals surface area contributed by atoms with Crippen molar-refractivity contribution in [2.45, 2.75) is 18.4 Å². The van der Waals surface area contributed by atoms with Gasteiger partial charge in [0, 0.05) is 23.9 Å². The molecule has 1 amide bonds. The third kappa shape index (κ3) is 4.34. The topological polar surface area (TPSA) is 111 Å². The van der Waals surface area contributed by atoms with Crippen molar-refractivity contribution in [3.05, 3.63) is 57.6 Å². The molecule has 7 nitrogen and oxygen atoms in total. The standard InChI is InChI=1S/C19H20ClN3O4S2/c20-17-9-12-8-16(23-19(12)28-17)18(25)22-15-7-11-3-1-2-4-13(11)14(15)10-29(26,27)21-5-6-24/h1-4,8-9,14-15,21,23-24H,5-7,10H2,(H,22,25)/t14-,15?/m1/s1. The van der Waals surface area contributed by atoms with Gasteiger partial charge in [-0.05, 0) is 29.7 Å². The van der Waals surface area contributed by atoms with Crippen LogP contribution in [0.1, 0.15) is 27.5 Å². The molecule has 0 saturated heterocycles. The van der Waals surface area contributed by atoms with Gasteiger partial charge in [-0.3, -0.25) is 4.79 Å². The molecule has 0 radical (unpaired) electrons. The van der Waals surface area contributed by atoms with Gasteiger partial charge in [0.2, 0.25) is 10.0 Å². The van der Waals surface area contributed by atoms with E-state index in [1.807, 2.05) is 24.3 Å². The average molecular weight is 454 g/mol. The summed E-state index contributed by atoms with van der Waals surface area (Å²) in [5.74, 6) is -0.824. The van der Waals surface area contributed by atoms with Crippen LogP contribution >= 0.6 is 22.9 Å². The number of H-pyrrole nitrogens is 1. The minimum atomic E-state index is -3.60. The Morgan fingerprint density at radius 3 is 2.86 bits per heavy atom. The first-order valence-corrected chi connectivity index (χ1v) is 12.0. The molecule has 2 heterocycles. The number of aliphatic hydroxyl groups excluding tert-OH is 1. The van der Waals surface area contributed by atoms with Crippen LogP contribution in [0.2, 0.25) is 4.34 Å². The van der Waals surface area contributed by atoms with Gasteiger partial charge >= 0.3 is 0 Å². The lowest BCUT2D eigenvalue weighted by Crippen LogP contribution is -2.42. The predicted octanol–water partition coefficient (Wildman–Crippen LogP) is 2.23. The first kappa shape index (κ1) is 20.4. The van der Waals surface area contributed by atoms with Crippen LogP contribution in [0.5, 0.6) is 0 Å². The number of hydrogen-bond donors (Lipinski definition) is 4. The fraction of sp³-hybridized carbons (Fsp3) is 0.316. The van der Waals surface area contributed by atoms with E-state index in [1.54, 1.807) is 12.1 Å². The number of rotatable bonds is 7. The number of carbonyl (C=O) groups excluding carboxylic acids is 1. The van der Waals surface area contributed by atoms with Crippen molar-refractivity contribution in [1.29, 1.82) is 0 Å². The maximum absolute atomic E-state index is 12.8. The highest BCUT2D eigenvalue weighted by Gasteiger charge is 2.36. The molecule has 10 heteroatoms. The zero-order valence-electron chi connectivity index (χ0n) is 15.3. The largest absolute Gasteiger partial charge is 0.395 e. The summed E-state index contributed by atoms with van der Waals surface area (Å²) in [6.45, 7) is -0.301. The molecule has 1 aliphatic rings. The third-order valence-electron chi connectivity index (χ3n) is 5.05. The van der Waals surface area contributed by atoms with Crippen LogP contribution < -0.4 is 10.0 Å². The van der Waals surface area contributed by atoms with Crippen LogP contribution in [0.25, 0.3) is 10.2 Å². The van der Waals surface area contributed by atoms with E-state index in [4.69, 9.17) is 16.7 Å². The number of benzene rings is 1. The highest BCUT2D eigenvalue weighted by molar-refractivity contribution is 7.89. The van der Waals surface area contributed by atoms with E-state index in [-0.39, 0.29) is 36.8 Å². The van der Waals surface area contributed by atoms with Crippen LogP contribution in [-0.2, 0) is 16.4 Å². The zero-order valence-corrected chi connectivity index (χ0v) is 17.7. The molecule has 1 unspecified atom stereocenters. The smallest absolute Gasteiger partial charge is 0.268 e. The van der Waals surface area contributed by atoms with E-state index in [2.05, 4.69) is 15.0 Å². The number of hydrogen-bond acceptors (Lipinski definition) is 5. The van der Waals surface area contributed by atoms with Gasteiger partial charge in [0.15, 0.2) is 0 Å². The lowest BCUT2D eigenvalue weighted by atomic mass is 10.0. The Bertz CT molecular complexity index is 1120. The number of aromatic nitrogens is 1. The number of aromatic amines is 1. The summed E-state index contributed by atoms with van der Waals surface area (Å²) >= 11 is 7.34. The number of carbonyl (C=O) groups is 1. The molecule has 1 aromatic carbocycles. The molecule has 2 aromatic heterocycles. The molecule has 0 saturated carbocycles. The number of halogens is 1. The number of aliphatic hydroxyl groups is 1. The maximum atomic E-state index is 12.8. The zero-order chi connectivity index (χ0) is 20.6. The second-order valence-corrected chi connectivity index (χ2v) is 10.5. The van der Waals surface area contributed by atoms with Gasteiger partial charge in [0.05, 0.1) is 16.7 Å². The number of fused-ring (bicyclic) bond motifs is 2. The second kappa shape index (κ2) is 8.08. The van der Waals surface area contributed by atoms with Gasteiger partial charge in [-0.1, -0.05) is 35.9 Å². The second-order valence-electron chi connectivity index (χ2n) is 7.01. The molecule has 4 rings (SSSR count). The van der Waals surface area contributed by atoms with Crippen LogP contribution in [0.4, 0.5) is 0 Å². The van der Waals surface area contributed by atoms with Crippen molar-refractivity contribution >= 4 is 49.1 Å². The molecule has 0 aliphatic heterocycles. The summed E-state index contributed by atoms with van der Waals surface area (Å²) in [4.78, 5) is 16.7. The molecule has 154 valence electrons. The van der Waals surface area contributed by atoms with E-state index in [0.29, 0.717) is 16.5 Å². The van der Waals surface area contributed by atoms with Gasteiger partial charge in [0.1, 0.15) is 10.5 Å². The van der Waals surface area contributed by atoms with Crippen LogP contribution in [0.3, 0.4) is 0 Å². The first-order chi connectivity index (χ1) is 13.9. The van der Waals surface area contributed by atoms with Crippen LogP contribution in [0, 0.1) is 0 Å². The summed E-state index contributed by atoms with van der Waals surface area (Å²) in [6, 6.07) is 10.8. The fourth-order valence-electron chi connectivity index (χ4n) is 3.79. The van der Waals surface area contributed by atoms with E-state index in [9.17, 15) is 13.2 Å². The number of nitrogens with one attached hydrogen (secondary N) is 3. The minimum Gasteiger partial charge on any atom is -0.395 e. The SMILES string of the molecule is O=C(NC1Cc2ccccc2[C@H]1CS(=O)(=O)NCCO)c1cc2cc(Cl)sc2[nH]1.